The Morgan fingerprint density at radius 2 is 0.650 bits per heavy atom. The molecule has 0 spiro atoms. The molecule has 0 aromatic heterocycles. The maximum absolute atomic E-state index is 2.26. The quantitative estimate of drug-likeness (QED) is 0.483. The second kappa shape index (κ2) is 7.63. The average Bonchev–Trinajstić information content (AvgIpc) is 2.51. The third kappa shape index (κ3) is 3.51. The van der Waals surface area contributed by atoms with E-state index in [1.54, 1.807) is 0 Å². The van der Waals surface area contributed by atoms with E-state index in [1.807, 2.05) is 0 Å². The van der Waals surface area contributed by atoms with E-state index >= 15 is 0 Å². The number of hydrogen-bond donors (Lipinski definition) is 0. The molecular weight excluding hydrogens is 486 g/mol. The second-order valence-corrected chi connectivity index (χ2v) is 9.00. The van der Waals surface area contributed by atoms with Crippen LogP contribution in [0.15, 0.2) is 91.0 Å². The molecule has 0 fully saturated rings. The molecule has 0 aliphatic rings. The van der Waals surface area contributed by atoms with E-state index in [2.05, 4.69) is 91.0 Å². The Morgan fingerprint density at radius 1 is 0.400 bits per heavy atom. The summed E-state index contributed by atoms with van der Waals surface area (Å²) >= 11 is -1.39. The van der Waals surface area contributed by atoms with Crippen LogP contribution in [0.4, 0.5) is 0 Å². The Labute approximate surface area is 139 Å². The van der Waals surface area contributed by atoms with E-state index in [1.165, 1.54) is 13.1 Å². The van der Waals surface area contributed by atoms with Crippen LogP contribution < -0.4 is 13.1 Å². The van der Waals surface area contributed by atoms with Crippen LogP contribution in [0, 0.1) is 0 Å². The topological polar surface area (TPSA) is 0 Å². The molecule has 20 heavy (non-hydrogen) atoms. The molecule has 0 aliphatic carbocycles. The summed E-state index contributed by atoms with van der Waals surface area (Å²) in [6, 6.07) is 32.7. The molecule has 0 N–H and O–H groups in total. The summed E-state index contributed by atoms with van der Waals surface area (Å²) in [7, 11) is 0. The van der Waals surface area contributed by atoms with Gasteiger partial charge in [-0.3, -0.25) is 0 Å². The zero-order valence-corrected chi connectivity index (χ0v) is 15.1. The molecule has 3 aromatic carbocycles. The fourth-order valence-electron chi connectivity index (χ4n) is 2.18. The SMILES string of the molecule is [Pt].c1ccc([As](c2ccccc2)c2ccccc2)cc1. The van der Waals surface area contributed by atoms with Crippen LogP contribution in [-0.2, 0) is 21.1 Å². The number of benzene rings is 3. The van der Waals surface area contributed by atoms with Crippen molar-refractivity contribution in [2.24, 2.45) is 0 Å². The fourth-order valence-corrected chi connectivity index (χ4v) is 7.02. The fraction of sp³-hybridized carbons (Fsp3) is 0. The summed E-state index contributed by atoms with van der Waals surface area (Å²) in [5.74, 6) is 0. The van der Waals surface area contributed by atoms with Crippen LogP contribution in [0.1, 0.15) is 0 Å². The van der Waals surface area contributed by atoms with Crippen molar-refractivity contribution in [1.82, 2.24) is 0 Å². The van der Waals surface area contributed by atoms with Crippen LogP contribution in [0.25, 0.3) is 0 Å². The first kappa shape index (κ1) is 15.3. The first-order valence-corrected chi connectivity index (χ1v) is 9.22. The molecule has 0 heterocycles. The maximum atomic E-state index is 2.26. The van der Waals surface area contributed by atoms with Gasteiger partial charge in [0.1, 0.15) is 0 Å². The predicted molar refractivity (Wildman–Crippen MR) is 84.0 cm³/mol. The standard InChI is InChI=1S/C18H15As.Pt/c1-4-10-16(11-5-1)19(17-12-6-2-7-13-17)18-14-8-3-9-15-18;/h1-15H;. The summed E-state index contributed by atoms with van der Waals surface area (Å²) in [6.07, 6.45) is 0. The normalized spacial score (nSPS) is 10.1. The van der Waals surface area contributed by atoms with Gasteiger partial charge in [0.05, 0.1) is 0 Å². The number of rotatable bonds is 3. The van der Waals surface area contributed by atoms with Crippen molar-refractivity contribution in [3.05, 3.63) is 91.0 Å². The van der Waals surface area contributed by atoms with E-state index in [-0.39, 0.29) is 21.1 Å². The van der Waals surface area contributed by atoms with E-state index in [0.717, 1.165) is 0 Å². The monoisotopic (exact) mass is 501 g/mol. The van der Waals surface area contributed by atoms with Crippen LogP contribution in [0.2, 0.25) is 0 Å². The van der Waals surface area contributed by atoms with Crippen LogP contribution in [0.5, 0.6) is 0 Å². The van der Waals surface area contributed by atoms with Crippen LogP contribution >= 0.6 is 0 Å². The van der Waals surface area contributed by atoms with Crippen molar-refractivity contribution in [3.63, 3.8) is 0 Å². The third-order valence-electron chi connectivity index (χ3n) is 3.04. The van der Waals surface area contributed by atoms with Gasteiger partial charge in [0.25, 0.3) is 0 Å². The molecule has 0 radical (unpaired) electrons. The minimum atomic E-state index is -1.39. The molecule has 3 rings (SSSR count). The Balaban J connectivity index is 0.00000147. The Bertz CT molecular complexity index is 529. The predicted octanol–water partition coefficient (Wildman–Crippen LogP) is 2.20. The minimum absolute atomic E-state index is 0. The van der Waals surface area contributed by atoms with Crippen molar-refractivity contribution >= 4 is 27.7 Å². The van der Waals surface area contributed by atoms with E-state index in [9.17, 15) is 0 Å². The van der Waals surface area contributed by atoms with Crippen molar-refractivity contribution in [1.29, 1.82) is 0 Å². The van der Waals surface area contributed by atoms with Gasteiger partial charge in [-0.05, 0) is 0 Å². The van der Waals surface area contributed by atoms with E-state index in [0.29, 0.717) is 0 Å². The summed E-state index contributed by atoms with van der Waals surface area (Å²) in [5.41, 5.74) is 0. The summed E-state index contributed by atoms with van der Waals surface area (Å²) in [5, 5.41) is 0. The van der Waals surface area contributed by atoms with Crippen LogP contribution in [0.3, 0.4) is 0 Å². The van der Waals surface area contributed by atoms with Gasteiger partial charge in [0.15, 0.2) is 0 Å². The van der Waals surface area contributed by atoms with Gasteiger partial charge in [0, 0.05) is 21.1 Å². The molecule has 3 aromatic rings. The molecule has 0 saturated heterocycles. The summed E-state index contributed by atoms with van der Waals surface area (Å²) in [6.45, 7) is 0. The molecular formula is C18H15AsPt. The first-order chi connectivity index (χ1) is 9.45. The van der Waals surface area contributed by atoms with Gasteiger partial charge in [-0.1, -0.05) is 0 Å². The Morgan fingerprint density at radius 3 is 0.900 bits per heavy atom. The number of hydrogen-bond acceptors (Lipinski definition) is 0. The van der Waals surface area contributed by atoms with Gasteiger partial charge < -0.3 is 0 Å². The third-order valence-corrected chi connectivity index (χ3v) is 8.17. The molecule has 0 saturated carbocycles. The molecule has 0 unspecified atom stereocenters. The van der Waals surface area contributed by atoms with Gasteiger partial charge in [0.2, 0.25) is 0 Å². The van der Waals surface area contributed by atoms with E-state index in [4.69, 9.17) is 0 Å². The Kier molecular flexibility index (Phi) is 5.83. The van der Waals surface area contributed by atoms with Gasteiger partial charge in [-0.2, -0.15) is 0 Å². The zero-order chi connectivity index (χ0) is 12.9. The molecule has 0 aliphatic heterocycles. The Hall–Kier alpha value is -1.09. The molecule has 2 heteroatoms. The van der Waals surface area contributed by atoms with Crippen LogP contribution in [-0.4, -0.2) is 14.7 Å². The summed E-state index contributed by atoms with van der Waals surface area (Å²) < 4.78 is 4.44. The van der Waals surface area contributed by atoms with Crippen molar-refractivity contribution in [3.8, 4) is 0 Å². The average molecular weight is 501 g/mol. The van der Waals surface area contributed by atoms with E-state index < -0.39 is 14.7 Å². The molecule has 0 atom stereocenters. The van der Waals surface area contributed by atoms with Gasteiger partial charge >= 0.3 is 119 Å². The zero-order valence-electron chi connectivity index (χ0n) is 10.9. The van der Waals surface area contributed by atoms with Crippen molar-refractivity contribution in [2.75, 3.05) is 0 Å². The molecule has 0 bridgehead atoms. The summed E-state index contributed by atoms with van der Waals surface area (Å²) in [4.78, 5) is 0. The van der Waals surface area contributed by atoms with Gasteiger partial charge in [-0.25, -0.2) is 0 Å². The van der Waals surface area contributed by atoms with Crippen molar-refractivity contribution in [2.45, 2.75) is 0 Å². The van der Waals surface area contributed by atoms with Gasteiger partial charge in [-0.15, -0.1) is 0 Å². The second-order valence-electron chi connectivity index (χ2n) is 4.34. The first-order valence-electron chi connectivity index (χ1n) is 6.40. The molecule has 102 valence electrons. The molecule has 0 amide bonds. The van der Waals surface area contributed by atoms with Crippen molar-refractivity contribution < 1.29 is 21.1 Å². The molecule has 0 nitrogen and oxygen atoms in total.